The fraction of sp³-hybridized carbons (Fsp3) is 0.417. The summed E-state index contributed by atoms with van der Waals surface area (Å²) >= 11 is 0. The van der Waals surface area contributed by atoms with Crippen molar-refractivity contribution in [2.75, 3.05) is 11.4 Å². The summed E-state index contributed by atoms with van der Waals surface area (Å²) in [6, 6.07) is 4.98. The molecule has 1 aromatic carbocycles. The van der Waals surface area contributed by atoms with Gasteiger partial charge < -0.3 is 10.0 Å². The molecule has 0 spiro atoms. The average molecular weight is 259 g/mol. The summed E-state index contributed by atoms with van der Waals surface area (Å²) in [6.45, 7) is 0.104. The number of halogens is 3. The Morgan fingerprint density at radius 2 is 1.94 bits per heavy atom. The Bertz CT molecular complexity index is 459. The second-order valence-corrected chi connectivity index (χ2v) is 4.21. The zero-order chi connectivity index (χ0) is 13.3. The van der Waals surface area contributed by atoms with E-state index in [1.54, 1.807) is 0 Å². The van der Waals surface area contributed by atoms with Gasteiger partial charge in [-0.1, -0.05) is 12.1 Å². The molecular weight excluding hydrogens is 247 g/mol. The molecule has 0 radical (unpaired) electrons. The zero-order valence-corrected chi connectivity index (χ0v) is 9.44. The number of alkyl halides is 3. The van der Waals surface area contributed by atoms with E-state index in [4.69, 9.17) is 0 Å². The predicted molar refractivity (Wildman–Crippen MR) is 59.0 cm³/mol. The first kappa shape index (κ1) is 12.9. The number of carbonyl (C=O) groups excluding carboxylic acids is 1. The first-order chi connectivity index (χ1) is 8.39. The molecule has 2 rings (SSSR count). The van der Waals surface area contributed by atoms with Crippen LogP contribution in [-0.4, -0.2) is 23.7 Å². The number of para-hydroxylation sites is 1. The van der Waals surface area contributed by atoms with Crippen LogP contribution >= 0.6 is 0 Å². The number of carbonyl (C=O) groups is 1. The van der Waals surface area contributed by atoms with E-state index in [0.717, 1.165) is 11.0 Å². The van der Waals surface area contributed by atoms with Crippen LogP contribution in [0.15, 0.2) is 24.3 Å². The summed E-state index contributed by atoms with van der Waals surface area (Å²) in [6.07, 6.45) is -5.09. The standard InChI is InChI=1S/C12H12F3NO2/c13-12(14,15)9-3-1-2-4-10(9)16-6-5-8(17)7-11(16)18/h1-4,8,17H,5-7H2. The van der Waals surface area contributed by atoms with Crippen molar-refractivity contribution in [1.82, 2.24) is 0 Å². The fourth-order valence-corrected chi connectivity index (χ4v) is 2.02. The third-order valence-corrected chi connectivity index (χ3v) is 2.90. The van der Waals surface area contributed by atoms with E-state index in [2.05, 4.69) is 0 Å². The van der Waals surface area contributed by atoms with Gasteiger partial charge in [-0.15, -0.1) is 0 Å². The maximum atomic E-state index is 12.8. The summed E-state index contributed by atoms with van der Waals surface area (Å²) in [7, 11) is 0. The largest absolute Gasteiger partial charge is 0.418 e. The van der Waals surface area contributed by atoms with Gasteiger partial charge in [0, 0.05) is 6.54 Å². The maximum absolute atomic E-state index is 12.8. The number of anilines is 1. The van der Waals surface area contributed by atoms with Crippen LogP contribution in [-0.2, 0) is 11.0 Å². The normalized spacial score (nSPS) is 21.2. The van der Waals surface area contributed by atoms with Crippen LogP contribution in [0.1, 0.15) is 18.4 Å². The molecule has 3 nitrogen and oxygen atoms in total. The molecule has 0 saturated carbocycles. The van der Waals surface area contributed by atoms with Crippen molar-refractivity contribution < 1.29 is 23.1 Å². The van der Waals surface area contributed by atoms with E-state index >= 15 is 0 Å². The molecular formula is C12H12F3NO2. The third kappa shape index (κ3) is 2.48. The van der Waals surface area contributed by atoms with Crippen molar-refractivity contribution in [1.29, 1.82) is 0 Å². The lowest BCUT2D eigenvalue weighted by molar-refractivity contribution is -0.137. The number of piperidine rings is 1. The van der Waals surface area contributed by atoms with E-state index in [1.807, 2.05) is 0 Å². The number of hydrogen-bond donors (Lipinski definition) is 1. The van der Waals surface area contributed by atoms with E-state index in [1.165, 1.54) is 18.2 Å². The van der Waals surface area contributed by atoms with Gasteiger partial charge >= 0.3 is 6.18 Å². The van der Waals surface area contributed by atoms with Crippen molar-refractivity contribution in [3.8, 4) is 0 Å². The van der Waals surface area contributed by atoms with E-state index in [9.17, 15) is 23.1 Å². The van der Waals surface area contributed by atoms with Crippen molar-refractivity contribution in [3.63, 3.8) is 0 Å². The van der Waals surface area contributed by atoms with E-state index in [0.29, 0.717) is 0 Å². The van der Waals surface area contributed by atoms with Crippen molar-refractivity contribution in [2.24, 2.45) is 0 Å². The van der Waals surface area contributed by atoms with Gasteiger partial charge in [0.05, 0.1) is 23.8 Å². The highest BCUT2D eigenvalue weighted by atomic mass is 19.4. The first-order valence-electron chi connectivity index (χ1n) is 5.54. The molecule has 0 aliphatic carbocycles. The second-order valence-electron chi connectivity index (χ2n) is 4.21. The quantitative estimate of drug-likeness (QED) is 0.839. The summed E-state index contributed by atoms with van der Waals surface area (Å²) in [5.41, 5.74) is -0.961. The van der Waals surface area contributed by atoms with Gasteiger partial charge in [-0.05, 0) is 18.6 Å². The van der Waals surface area contributed by atoms with Crippen LogP contribution in [0.5, 0.6) is 0 Å². The molecule has 1 saturated heterocycles. The molecule has 1 unspecified atom stereocenters. The number of hydrogen-bond acceptors (Lipinski definition) is 2. The smallest absolute Gasteiger partial charge is 0.393 e. The highest BCUT2D eigenvalue weighted by Gasteiger charge is 2.37. The second kappa shape index (κ2) is 4.61. The topological polar surface area (TPSA) is 40.5 Å². The minimum atomic E-state index is -4.49. The Balaban J connectivity index is 2.37. The molecule has 1 atom stereocenters. The van der Waals surface area contributed by atoms with Gasteiger partial charge in [0.15, 0.2) is 0 Å². The van der Waals surface area contributed by atoms with Gasteiger partial charge in [0.2, 0.25) is 5.91 Å². The number of rotatable bonds is 1. The lowest BCUT2D eigenvalue weighted by Gasteiger charge is -2.31. The molecule has 98 valence electrons. The number of amides is 1. The van der Waals surface area contributed by atoms with E-state index in [-0.39, 0.29) is 25.1 Å². The highest BCUT2D eigenvalue weighted by Crippen LogP contribution is 2.37. The number of aliphatic hydroxyl groups excluding tert-OH is 1. The zero-order valence-electron chi connectivity index (χ0n) is 9.44. The van der Waals surface area contributed by atoms with Gasteiger partial charge in [-0.3, -0.25) is 4.79 Å². The van der Waals surface area contributed by atoms with Crippen LogP contribution in [0.25, 0.3) is 0 Å². The molecule has 1 fully saturated rings. The molecule has 1 aliphatic rings. The Morgan fingerprint density at radius 1 is 1.28 bits per heavy atom. The Kier molecular flexibility index (Phi) is 3.30. The molecule has 1 heterocycles. The van der Waals surface area contributed by atoms with Crippen LogP contribution < -0.4 is 4.90 Å². The SMILES string of the molecule is O=C1CC(O)CCN1c1ccccc1C(F)(F)F. The summed E-state index contributed by atoms with van der Waals surface area (Å²) in [5.74, 6) is -0.481. The van der Waals surface area contributed by atoms with Gasteiger partial charge in [-0.25, -0.2) is 0 Å². The lowest BCUT2D eigenvalue weighted by atomic mass is 10.0. The van der Waals surface area contributed by atoms with Crippen molar-refractivity contribution in [3.05, 3.63) is 29.8 Å². The average Bonchev–Trinajstić information content (AvgIpc) is 2.28. The summed E-state index contributed by atoms with van der Waals surface area (Å²) < 4.78 is 38.5. The van der Waals surface area contributed by atoms with E-state index < -0.39 is 23.8 Å². The van der Waals surface area contributed by atoms with Crippen LogP contribution in [0.4, 0.5) is 18.9 Å². The number of aliphatic hydroxyl groups is 1. The van der Waals surface area contributed by atoms with Crippen LogP contribution in [0.2, 0.25) is 0 Å². The highest BCUT2D eigenvalue weighted by molar-refractivity contribution is 5.95. The molecule has 1 N–H and O–H groups in total. The minimum absolute atomic E-state index is 0.104. The lowest BCUT2D eigenvalue weighted by Crippen LogP contribution is -2.41. The molecule has 1 aromatic rings. The number of nitrogens with zero attached hydrogens (tertiary/aromatic N) is 1. The Morgan fingerprint density at radius 3 is 2.56 bits per heavy atom. The maximum Gasteiger partial charge on any atom is 0.418 e. The van der Waals surface area contributed by atoms with Crippen molar-refractivity contribution >= 4 is 11.6 Å². The fourth-order valence-electron chi connectivity index (χ4n) is 2.02. The van der Waals surface area contributed by atoms with Gasteiger partial charge in [0.25, 0.3) is 0 Å². The molecule has 0 aromatic heterocycles. The monoisotopic (exact) mass is 259 g/mol. The Labute approximate surface area is 102 Å². The number of benzene rings is 1. The summed E-state index contributed by atoms with van der Waals surface area (Å²) in [5, 5.41) is 9.30. The van der Waals surface area contributed by atoms with Gasteiger partial charge in [0.1, 0.15) is 0 Å². The van der Waals surface area contributed by atoms with Crippen LogP contribution in [0.3, 0.4) is 0 Å². The summed E-state index contributed by atoms with van der Waals surface area (Å²) in [4.78, 5) is 12.8. The molecule has 6 heteroatoms. The predicted octanol–water partition coefficient (Wildman–Crippen LogP) is 2.19. The minimum Gasteiger partial charge on any atom is -0.393 e. The van der Waals surface area contributed by atoms with Crippen molar-refractivity contribution in [2.45, 2.75) is 25.1 Å². The molecule has 1 amide bonds. The molecule has 1 aliphatic heterocycles. The molecule has 18 heavy (non-hydrogen) atoms. The van der Waals surface area contributed by atoms with Crippen LogP contribution in [0, 0.1) is 0 Å². The Hall–Kier alpha value is -1.56. The first-order valence-corrected chi connectivity index (χ1v) is 5.54. The molecule has 0 bridgehead atoms. The van der Waals surface area contributed by atoms with Gasteiger partial charge in [-0.2, -0.15) is 13.2 Å². The third-order valence-electron chi connectivity index (χ3n) is 2.90.